The van der Waals surface area contributed by atoms with Gasteiger partial charge in [0.05, 0.1) is 0 Å². The highest BCUT2D eigenvalue weighted by atomic mass is 16.4. The van der Waals surface area contributed by atoms with Crippen molar-refractivity contribution in [2.45, 2.75) is 24.8 Å². The molecular formula is C11H14N2O2. The first-order chi connectivity index (χ1) is 7.01. The molecule has 1 aliphatic rings. The molecule has 0 fully saturated rings. The molecule has 4 heteroatoms. The maximum atomic E-state index is 11.0. The molecule has 0 bridgehead atoms. The Labute approximate surface area is 87.9 Å². The number of fused-ring (bicyclic) bond motifs is 1. The molecule has 0 heterocycles. The number of hydrogen-bond donors (Lipinski definition) is 3. The van der Waals surface area contributed by atoms with Crippen molar-refractivity contribution < 1.29 is 9.90 Å². The summed E-state index contributed by atoms with van der Waals surface area (Å²) in [6.07, 6.45) is 1.56. The second-order valence-electron chi connectivity index (χ2n) is 4.17. The van der Waals surface area contributed by atoms with Gasteiger partial charge in [0.1, 0.15) is 5.54 Å². The number of rotatable bonds is 1. The Kier molecular flexibility index (Phi) is 2.16. The minimum absolute atomic E-state index is 0.364. The molecule has 1 aliphatic carbocycles. The summed E-state index contributed by atoms with van der Waals surface area (Å²) in [6.45, 7) is 0. The van der Waals surface area contributed by atoms with E-state index in [4.69, 9.17) is 16.6 Å². The Hall–Kier alpha value is -1.55. The van der Waals surface area contributed by atoms with E-state index in [1.165, 1.54) is 0 Å². The first kappa shape index (κ1) is 9.98. The first-order valence-corrected chi connectivity index (χ1v) is 4.91. The van der Waals surface area contributed by atoms with Gasteiger partial charge in [-0.05, 0) is 36.1 Å². The molecule has 1 aromatic rings. The molecule has 1 atom stereocenters. The predicted molar refractivity (Wildman–Crippen MR) is 57.4 cm³/mol. The largest absolute Gasteiger partial charge is 0.480 e. The summed E-state index contributed by atoms with van der Waals surface area (Å²) in [4.78, 5) is 11.0. The van der Waals surface area contributed by atoms with Gasteiger partial charge in [-0.1, -0.05) is 6.07 Å². The highest BCUT2D eigenvalue weighted by Crippen LogP contribution is 2.28. The maximum absolute atomic E-state index is 11.0. The third-order valence-corrected chi connectivity index (χ3v) is 3.00. The van der Waals surface area contributed by atoms with Crippen LogP contribution in [0, 0.1) is 0 Å². The Balaban J connectivity index is 2.37. The van der Waals surface area contributed by atoms with Crippen LogP contribution in [0.25, 0.3) is 0 Å². The van der Waals surface area contributed by atoms with E-state index in [-0.39, 0.29) is 0 Å². The molecule has 80 valence electrons. The van der Waals surface area contributed by atoms with Crippen molar-refractivity contribution in [1.82, 2.24) is 0 Å². The van der Waals surface area contributed by atoms with Gasteiger partial charge < -0.3 is 16.6 Å². The van der Waals surface area contributed by atoms with Crippen molar-refractivity contribution in [3.05, 3.63) is 29.3 Å². The zero-order valence-corrected chi connectivity index (χ0v) is 8.36. The number of carboxylic acid groups (broad SMARTS) is 1. The van der Waals surface area contributed by atoms with Crippen LogP contribution >= 0.6 is 0 Å². The standard InChI is InChI=1S/C11H14N2O2/c12-9-2-1-7-3-4-11(13,10(14)15)6-8(7)5-9/h1-2,5H,3-4,6,12-13H2,(H,14,15). The quantitative estimate of drug-likeness (QED) is 0.585. The molecule has 0 saturated heterocycles. The van der Waals surface area contributed by atoms with Gasteiger partial charge >= 0.3 is 5.97 Å². The molecule has 0 aliphatic heterocycles. The third-order valence-electron chi connectivity index (χ3n) is 3.00. The van der Waals surface area contributed by atoms with Gasteiger partial charge in [0.2, 0.25) is 0 Å². The van der Waals surface area contributed by atoms with Crippen molar-refractivity contribution in [1.29, 1.82) is 0 Å². The second-order valence-corrected chi connectivity index (χ2v) is 4.17. The van der Waals surface area contributed by atoms with Crippen molar-refractivity contribution in [2.24, 2.45) is 5.73 Å². The van der Waals surface area contributed by atoms with Gasteiger partial charge in [-0.15, -0.1) is 0 Å². The predicted octanol–water partition coefficient (Wildman–Crippen LogP) is 0.540. The topological polar surface area (TPSA) is 89.3 Å². The minimum atomic E-state index is -1.12. The lowest BCUT2D eigenvalue weighted by molar-refractivity contribution is -0.143. The molecule has 0 amide bonds. The van der Waals surface area contributed by atoms with Gasteiger partial charge in [-0.2, -0.15) is 0 Å². The van der Waals surface area contributed by atoms with Crippen LogP contribution in [0.1, 0.15) is 17.5 Å². The molecule has 15 heavy (non-hydrogen) atoms. The van der Waals surface area contributed by atoms with Crippen molar-refractivity contribution in [3.63, 3.8) is 0 Å². The van der Waals surface area contributed by atoms with Crippen LogP contribution in [0.15, 0.2) is 18.2 Å². The zero-order chi connectivity index (χ0) is 11.1. The van der Waals surface area contributed by atoms with Crippen LogP contribution in [0.3, 0.4) is 0 Å². The van der Waals surface area contributed by atoms with Crippen LogP contribution in [-0.4, -0.2) is 16.6 Å². The number of nitrogens with two attached hydrogens (primary N) is 2. The molecule has 1 unspecified atom stereocenters. The summed E-state index contributed by atoms with van der Waals surface area (Å²) in [6, 6.07) is 5.61. The van der Waals surface area contributed by atoms with Gasteiger partial charge in [0, 0.05) is 12.1 Å². The molecular weight excluding hydrogens is 192 g/mol. The fourth-order valence-corrected chi connectivity index (χ4v) is 2.02. The van der Waals surface area contributed by atoms with E-state index in [0.717, 1.165) is 11.1 Å². The van der Waals surface area contributed by atoms with E-state index in [1.54, 1.807) is 0 Å². The maximum Gasteiger partial charge on any atom is 0.324 e. The zero-order valence-electron chi connectivity index (χ0n) is 8.36. The van der Waals surface area contributed by atoms with Crippen LogP contribution in [0.5, 0.6) is 0 Å². The monoisotopic (exact) mass is 206 g/mol. The van der Waals surface area contributed by atoms with Crippen LogP contribution < -0.4 is 11.5 Å². The van der Waals surface area contributed by atoms with Gasteiger partial charge in [0.25, 0.3) is 0 Å². The average molecular weight is 206 g/mol. The number of anilines is 1. The fraction of sp³-hybridized carbons (Fsp3) is 0.364. The van der Waals surface area contributed by atoms with Crippen LogP contribution in [-0.2, 0) is 17.6 Å². The summed E-state index contributed by atoms with van der Waals surface area (Å²) >= 11 is 0. The minimum Gasteiger partial charge on any atom is -0.480 e. The van der Waals surface area contributed by atoms with Crippen molar-refractivity contribution in [2.75, 3.05) is 5.73 Å². The van der Waals surface area contributed by atoms with E-state index in [9.17, 15) is 4.79 Å². The van der Waals surface area contributed by atoms with Crippen LogP contribution in [0.4, 0.5) is 5.69 Å². The van der Waals surface area contributed by atoms with E-state index in [0.29, 0.717) is 24.9 Å². The van der Waals surface area contributed by atoms with E-state index >= 15 is 0 Å². The van der Waals surface area contributed by atoms with Crippen LogP contribution in [0.2, 0.25) is 0 Å². The van der Waals surface area contributed by atoms with Gasteiger partial charge in [0.15, 0.2) is 0 Å². The SMILES string of the molecule is Nc1ccc2c(c1)CC(N)(C(=O)O)CC2. The lowest BCUT2D eigenvalue weighted by atomic mass is 9.78. The summed E-state index contributed by atoms with van der Waals surface area (Å²) in [7, 11) is 0. The van der Waals surface area contributed by atoms with Gasteiger partial charge in [-0.25, -0.2) is 0 Å². The summed E-state index contributed by atoms with van der Waals surface area (Å²) in [5, 5.41) is 9.04. The van der Waals surface area contributed by atoms with Crippen molar-refractivity contribution >= 4 is 11.7 Å². The number of aryl methyl sites for hydroxylation is 1. The lowest BCUT2D eigenvalue weighted by Gasteiger charge is -2.30. The Bertz CT molecular complexity index is 417. The summed E-state index contributed by atoms with van der Waals surface area (Å²) in [5.41, 5.74) is 13.1. The molecule has 1 aromatic carbocycles. The Morgan fingerprint density at radius 2 is 2.13 bits per heavy atom. The highest BCUT2D eigenvalue weighted by molar-refractivity contribution is 5.79. The molecule has 0 radical (unpaired) electrons. The number of nitrogen functional groups attached to an aromatic ring is 1. The van der Waals surface area contributed by atoms with Crippen molar-refractivity contribution in [3.8, 4) is 0 Å². The van der Waals surface area contributed by atoms with Gasteiger partial charge in [-0.3, -0.25) is 4.79 Å². The average Bonchev–Trinajstić information content (AvgIpc) is 2.16. The smallest absolute Gasteiger partial charge is 0.324 e. The van der Waals surface area contributed by atoms with E-state index in [1.807, 2.05) is 18.2 Å². The highest BCUT2D eigenvalue weighted by Gasteiger charge is 2.37. The number of aliphatic carboxylic acids is 1. The number of carbonyl (C=O) groups is 1. The van der Waals surface area contributed by atoms with E-state index in [2.05, 4.69) is 0 Å². The lowest BCUT2D eigenvalue weighted by Crippen LogP contribution is -2.52. The Morgan fingerprint density at radius 3 is 2.80 bits per heavy atom. The normalized spacial score (nSPS) is 24.6. The molecule has 5 N–H and O–H groups in total. The van der Waals surface area contributed by atoms with E-state index < -0.39 is 11.5 Å². The number of carboxylic acids is 1. The summed E-state index contributed by atoms with van der Waals surface area (Å²) in [5.74, 6) is -0.935. The first-order valence-electron chi connectivity index (χ1n) is 4.91. The second kappa shape index (κ2) is 3.24. The fourth-order valence-electron chi connectivity index (χ4n) is 2.02. The number of hydrogen-bond acceptors (Lipinski definition) is 3. The Morgan fingerprint density at radius 1 is 1.40 bits per heavy atom. The number of benzene rings is 1. The third kappa shape index (κ3) is 1.68. The molecule has 4 nitrogen and oxygen atoms in total. The molecule has 2 rings (SSSR count). The molecule has 0 saturated carbocycles. The summed E-state index contributed by atoms with van der Waals surface area (Å²) < 4.78 is 0. The molecule has 0 aromatic heterocycles. The molecule has 0 spiro atoms.